The summed E-state index contributed by atoms with van der Waals surface area (Å²) < 4.78 is 13.8. The number of hydrogen-bond donors (Lipinski definition) is 2. The quantitative estimate of drug-likeness (QED) is 0.847. The lowest BCUT2D eigenvalue weighted by molar-refractivity contribution is -0.126. The van der Waals surface area contributed by atoms with Crippen LogP contribution in [0, 0.1) is 5.82 Å². The molecule has 5 heteroatoms. The van der Waals surface area contributed by atoms with Crippen molar-refractivity contribution in [1.29, 1.82) is 0 Å². The van der Waals surface area contributed by atoms with E-state index in [1.807, 2.05) is 13.2 Å². The maximum absolute atomic E-state index is 13.8. The average Bonchev–Trinajstić information content (AvgIpc) is 2.40. The molecule has 1 amide bonds. The maximum Gasteiger partial charge on any atom is 0.230 e. The first-order valence-corrected chi connectivity index (χ1v) is 7.83. The molecule has 0 aliphatic rings. The number of aliphatic hydroxyl groups excluding tert-OH is 1. The number of benzene rings is 1. The number of hydrogen-bond acceptors (Lipinski definition) is 3. The van der Waals surface area contributed by atoms with Gasteiger partial charge in [0.15, 0.2) is 0 Å². The van der Waals surface area contributed by atoms with Crippen molar-refractivity contribution in [2.75, 3.05) is 12.9 Å². The molecule has 0 radical (unpaired) electrons. The zero-order valence-corrected chi connectivity index (χ0v) is 13.1. The van der Waals surface area contributed by atoms with Crippen molar-refractivity contribution >= 4 is 17.7 Å². The lowest BCUT2D eigenvalue weighted by Crippen LogP contribution is -2.48. The molecule has 1 aromatic rings. The van der Waals surface area contributed by atoms with Crippen molar-refractivity contribution in [3.05, 3.63) is 35.6 Å². The minimum absolute atomic E-state index is 0.0112. The molecule has 20 heavy (non-hydrogen) atoms. The van der Waals surface area contributed by atoms with Crippen LogP contribution in [0.15, 0.2) is 24.3 Å². The third-order valence-electron chi connectivity index (χ3n) is 3.51. The number of nitrogens with one attached hydrogen (secondary N) is 1. The molecule has 0 heterocycles. The van der Waals surface area contributed by atoms with Crippen LogP contribution in [0.1, 0.15) is 26.3 Å². The fourth-order valence-corrected chi connectivity index (χ4v) is 2.63. The molecule has 0 bridgehead atoms. The average molecular weight is 299 g/mol. The van der Waals surface area contributed by atoms with Gasteiger partial charge in [0.05, 0.1) is 12.0 Å². The molecule has 0 saturated heterocycles. The van der Waals surface area contributed by atoms with Crippen molar-refractivity contribution in [2.45, 2.75) is 37.5 Å². The van der Waals surface area contributed by atoms with Crippen LogP contribution in [0.2, 0.25) is 0 Å². The third kappa shape index (κ3) is 3.73. The van der Waals surface area contributed by atoms with E-state index in [0.29, 0.717) is 5.56 Å². The summed E-state index contributed by atoms with van der Waals surface area (Å²) in [6.07, 6.45) is 1.88. The van der Waals surface area contributed by atoms with Gasteiger partial charge in [0.1, 0.15) is 5.82 Å². The van der Waals surface area contributed by atoms with Crippen LogP contribution in [-0.2, 0) is 10.2 Å². The van der Waals surface area contributed by atoms with E-state index in [2.05, 4.69) is 5.32 Å². The van der Waals surface area contributed by atoms with E-state index in [0.717, 1.165) is 0 Å². The van der Waals surface area contributed by atoms with Crippen molar-refractivity contribution in [2.24, 2.45) is 0 Å². The minimum atomic E-state index is -0.960. The molecular weight excluding hydrogens is 277 g/mol. The molecule has 1 rings (SSSR count). The van der Waals surface area contributed by atoms with Gasteiger partial charge < -0.3 is 10.4 Å². The van der Waals surface area contributed by atoms with Crippen LogP contribution >= 0.6 is 11.8 Å². The molecular formula is C15H22FNO2S. The van der Waals surface area contributed by atoms with Gasteiger partial charge in [-0.25, -0.2) is 4.39 Å². The molecule has 112 valence electrons. The van der Waals surface area contributed by atoms with Gasteiger partial charge in [0.25, 0.3) is 0 Å². The van der Waals surface area contributed by atoms with Crippen LogP contribution < -0.4 is 5.32 Å². The Balaban J connectivity index is 2.88. The van der Waals surface area contributed by atoms with Crippen molar-refractivity contribution in [1.82, 2.24) is 5.32 Å². The summed E-state index contributed by atoms with van der Waals surface area (Å²) in [5, 5.41) is 12.0. The Morgan fingerprint density at radius 1 is 1.45 bits per heavy atom. The Labute approximate surface area is 124 Å². The molecule has 3 nitrogen and oxygen atoms in total. The molecule has 0 aromatic heterocycles. The molecule has 0 saturated carbocycles. The number of amides is 1. The number of thioether (sulfide) groups is 1. The van der Waals surface area contributed by atoms with Gasteiger partial charge in [-0.05, 0) is 33.1 Å². The summed E-state index contributed by atoms with van der Waals surface area (Å²) in [6, 6.07) is 6.11. The van der Waals surface area contributed by atoms with Gasteiger partial charge in [-0.2, -0.15) is 11.8 Å². The lowest BCUT2D eigenvalue weighted by atomic mass is 9.83. The monoisotopic (exact) mass is 299 g/mol. The lowest BCUT2D eigenvalue weighted by Gasteiger charge is -2.29. The van der Waals surface area contributed by atoms with Crippen LogP contribution in [0.3, 0.4) is 0 Å². The molecule has 2 unspecified atom stereocenters. The van der Waals surface area contributed by atoms with E-state index in [-0.39, 0.29) is 29.6 Å². The minimum Gasteiger partial charge on any atom is -0.395 e. The number of halogens is 1. The summed E-state index contributed by atoms with van der Waals surface area (Å²) in [5.74, 6) is -0.633. The molecule has 0 aliphatic carbocycles. The van der Waals surface area contributed by atoms with Gasteiger partial charge in [0.2, 0.25) is 5.91 Å². The van der Waals surface area contributed by atoms with E-state index >= 15 is 0 Å². The normalized spacial score (nSPS) is 14.7. The Morgan fingerprint density at radius 2 is 2.05 bits per heavy atom. The van der Waals surface area contributed by atoms with Gasteiger partial charge in [-0.15, -0.1) is 0 Å². The van der Waals surface area contributed by atoms with Gasteiger partial charge in [0, 0.05) is 16.9 Å². The van der Waals surface area contributed by atoms with E-state index < -0.39 is 5.41 Å². The Kier molecular flexibility index (Phi) is 6.02. The fraction of sp³-hybridized carbons (Fsp3) is 0.533. The maximum atomic E-state index is 13.8. The first kappa shape index (κ1) is 17.0. The summed E-state index contributed by atoms with van der Waals surface area (Å²) in [7, 11) is 0. The predicted molar refractivity (Wildman–Crippen MR) is 81.4 cm³/mol. The highest BCUT2D eigenvalue weighted by atomic mass is 32.2. The van der Waals surface area contributed by atoms with Crippen molar-refractivity contribution in [3.8, 4) is 0 Å². The standard InChI is InChI=1S/C15H22FNO2S/c1-10(13(9-18)20-4)17-14(19)15(2,3)11-7-5-6-8-12(11)16/h5-8,10,13,18H,9H2,1-4H3,(H,17,19). The highest BCUT2D eigenvalue weighted by molar-refractivity contribution is 7.99. The van der Waals surface area contributed by atoms with Crippen LogP contribution in [0.5, 0.6) is 0 Å². The first-order chi connectivity index (χ1) is 9.34. The van der Waals surface area contributed by atoms with E-state index in [1.165, 1.54) is 17.8 Å². The molecule has 1 aromatic carbocycles. The number of rotatable bonds is 6. The molecule has 0 spiro atoms. The van der Waals surface area contributed by atoms with Gasteiger partial charge in [-0.3, -0.25) is 4.79 Å². The highest BCUT2D eigenvalue weighted by Gasteiger charge is 2.33. The van der Waals surface area contributed by atoms with Crippen LogP contribution in [0.25, 0.3) is 0 Å². The van der Waals surface area contributed by atoms with Crippen molar-refractivity contribution in [3.63, 3.8) is 0 Å². The summed E-state index contributed by atoms with van der Waals surface area (Å²) in [5.41, 5.74) is -0.590. The van der Waals surface area contributed by atoms with Gasteiger partial charge in [-0.1, -0.05) is 18.2 Å². The second kappa shape index (κ2) is 7.09. The van der Waals surface area contributed by atoms with Crippen LogP contribution in [-0.4, -0.2) is 35.2 Å². The molecule has 0 fully saturated rings. The van der Waals surface area contributed by atoms with E-state index in [9.17, 15) is 14.3 Å². The Hall–Kier alpha value is -1.07. The van der Waals surface area contributed by atoms with Crippen LogP contribution in [0.4, 0.5) is 4.39 Å². The topological polar surface area (TPSA) is 49.3 Å². The zero-order valence-electron chi connectivity index (χ0n) is 12.3. The summed E-state index contributed by atoms with van der Waals surface area (Å²) in [6.45, 7) is 5.22. The smallest absolute Gasteiger partial charge is 0.230 e. The largest absolute Gasteiger partial charge is 0.395 e. The summed E-state index contributed by atoms with van der Waals surface area (Å²) >= 11 is 1.49. The number of aliphatic hydroxyl groups is 1. The van der Waals surface area contributed by atoms with Gasteiger partial charge >= 0.3 is 0 Å². The molecule has 2 N–H and O–H groups in total. The predicted octanol–water partition coefficient (Wildman–Crippen LogP) is 2.33. The number of carbonyl (C=O) groups excluding carboxylic acids is 1. The second-order valence-electron chi connectivity index (χ2n) is 5.32. The molecule has 0 aliphatic heterocycles. The second-order valence-corrected chi connectivity index (χ2v) is 6.40. The zero-order chi connectivity index (χ0) is 15.3. The SMILES string of the molecule is CSC(CO)C(C)NC(=O)C(C)(C)c1ccccc1F. The first-order valence-electron chi connectivity index (χ1n) is 6.54. The van der Waals surface area contributed by atoms with Crippen molar-refractivity contribution < 1.29 is 14.3 Å². The summed E-state index contributed by atoms with van der Waals surface area (Å²) in [4.78, 5) is 12.4. The Bertz CT molecular complexity index is 461. The highest BCUT2D eigenvalue weighted by Crippen LogP contribution is 2.26. The van der Waals surface area contributed by atoms with E-state index in [1.54, 1.807) is 32.0 Å². The number of carbonyl (C=O) groups is 1. The van der Waals surface area contributed by atoms with E-state index in [4.69, 9.17) is 0 Å². The fourth-order valence-electron chi connectivity index (χ4n) is 2.01. The molecule has 2 atom stereocenters. The third-order valence-corrected chi connectivity index (χ3v) is 4.68. The Morgan fingerprint density at radius 3 is 2.55 bits per heavy atom.